The summed E-state index contributed by atoms with van der Waals surface area (Å²) in [5.74, 6) is 1.39. The van der Waals surface area contributed by atoms with Gasteiger partial charge in [-0.25, -0.2) is 0 Å². The molecule has 0 aromatic heterocycles. The molecule has 0 bridgehead atoms. The lowest BCUT2D eigenvalue weighted by Gasteiger charge is -2.38. The molecule has 0 aliphatic heterocycles. The van der Waals surface area contributed by atoms with E-state index in [1.165, 1.54) is 44.9 Å². The topological polar surface area (TPSA) is 75.3 Å². The smallest absolute Gasteiger partial charge is 0.223 e. The quantitative estimate of drug-likeness (QED) is 0.305. The first kappa shape index (κ1) is 27.7. The van der Waals surface area contributed by atoms with Crippen LogP contribution in [-0.2, 0) is 4.79 Å². The van der Waals surface area contributed by atoms with Crippen LogP contribution in [0.15, 0.2) is 0 Å². The number of rotatable bonds is 14. The van der Waals surface area contributed by atoms with Gasteiger partial charge in [-0.05, 0) is 56.3 Å². The van der Waals surface area contributed by atoms with Crippen molar-refractivity contribution in [1.29, 1.82) is 0 Å². The first-order chi connectivity index (χ1) is 13.8. The van der Waals surface area contributed by atoms with E-state index in [0.717, 1.165) is 51.0 Å². The zero-order valence-electron chi connectivity index (χ0n) is 19.8. The van der Waals surface area contributed by atoms with Crippen molar-refractivity contribution < 1.29 is 9.90 Å². The lowest BCUT2D eigenvalue weighted by Crippen LogP contribution is -2.46. The zero-order chi connectivity index (χ0) is 21.3. The van der Waals surface area contributed by atoms with Crippen molar-refractivity contribution in [2.24, 2.45) is 29.4 Å². The first-order valence-corrected chi connectivity index (χ1v) is 12.6. The predicted octanol–water partition coefficient (Wildman–Crippen LogP) is 5.60. The van der Waals surface area contributed by atoms with E-state index in [9.17, 15) is 9.90 Å². The maximum absolute atomic E-state index is 12.7. The Bertz CT molecular complexity index is 476. The van der Waals surface area contributed by atoms with Gasteiger partial charge in [0, 0.05) is 18.0 Å². The molecule has 0 aromatic carbocycles. The molecule has 0 aromatic rings. The van der Waals surface area contributed by atoms with Crippen molar-refractivity contribution in [3.63, 3.8) is 0 Å². The molecule has 0 spiro atoms. The summed E-state index contributed by atoms with van der Waals surface area (Å²) in [7, 11) is 0. The molecule has 4 N–H and O–H groups in total. The van der Waals surface area contributed by atoms with E-state index < -0.39 is 6.10 Å². The maximum atomic E-state index is 12.7. The van der Waals surface area contributed by atoms with Crippen LogP contribution < -0.4 is 11.1 Å². The molecule has 2 aliphatic rings. The molecule has 3 unspecified atom stereocenters. The summed E-state index contributed by atoms with van der Waals surface area (Å²) in [6, 6.07) is 0. The van der Waals surface area contributed by atoms with Crippen LogP contribution in [0.4, 0.5) is 0 Å². The minimum atomic E-state index is -0.430. The Morgan fingerprint density at radius 3 is 2.40 bits per heavy atom. The van der Waals surface area contributed by atoms with Gasteiger partial charge in [-0.3, -0.25) is 4.79 Å². The summed E-state index contributed by atoms with van der Waals surface area (Å²) < 4.78 is 0. The number of carbonyl (C=O) groups excluding carboxylic acids is 1. The number of nitrogens with two attached hydrogens (primary N) is 1. The normalized spacial score (nSPS) is 21.5. The third-order valence-electron chi connectivity index (χ3n) is 7.41. The molecule has 2 fully saturated rings. The Kier molecular flexibility index (Phi) is 12.9. The maximum Gasteiger partial charge on any atom is 0.223 e. The number of halogens is 1. The number of unbranched alkanes of at least 4 members (excludes halogenated alkanes) is 1. The van der Waals surface area contributed by atoms with E-state index in [-0.39, 0.29) is 41.6 Å². The second-order valence-corrected chi connectivity index (χ2v) is 10.6. The average molecular weight is 445 g/mol. The van der Waals surface area contributed by atoms with E-state index in [1.54, 1.807) is 0 Å². The fourth-order valence-corrected chi connectivity index (χ4v) is 5.14. The van der Waals surface area contributed by atoms with Crippen molar-refractivity contribution in [2.45, 2.75) is 122 Å². The highest BCUT2D eigenvalue weighted by Gasteiger charge is 2.35. The van der Waals surface area contributed by atoms with Gasteiger partial charge in [-0.1, -0.05) is 72.1 Å². The summed E-state index contributed by atoms with van der Waals surface area (Å²) in [6.45, 7) is 7.08. The zero-order valence-corrected chi connectivity index (χ0v) is 20.7. The fraction of sp³-hybridized carbons (Fsp3) is 0.960. The number of hydrogen-bond donors (Lipinski definition) is 3. The Morgan fingerprint density at radius 2 is 1.83 bits per heavy atom. The largest absolute Gasteiger partial charge is 0.393 e. The molecule has 178 valence electrons. The third kappa shape index (κ3) is 9.87. The molecule has 0 heterocycles. The first-order valence-electron chi connectivity index (χ1n) is 12.6. The molecule has 5 heteroatoms. The van der Waals surface area contributed by atoms with Gasteiger partial charge >= 0.3 is 0 Å². The van der Waals surface area contributed by atoms with E-state index >= 15 is 0 Å². The summed E-state index contributed by atoms with van der Waals surface area (Å²) >= 11 is 0. The van der Waals surface area contributed by atoms with Crippen LogP contribution in [0.3, 0.4) is 0 Å². The highest BCUT2D eigenvalue weighted by Crippen LogP contribution is 2.38. The summed E-state index contributed by atoms with van der Waals surface area (Å²) in [5.41, 5.74) is 6.67. The average Bonchev–Trinajstić information content (AvgIpc) is 3.49. The van der Waals surface area contributed by atoms with Gasteiger partial charge < -0.3 is 16.2 Å². The van der Waals surface area contributed by atoms with Crippen molar-refractivity contribution in [1.82, 2.24) is 5.32 Å². The molecule has 2 aliphatic carbocycles. The van der Waals surface area contributed by atoms with Gasteiger partial charge in [0.05, 0.1) is 6.10 Å². The monoisotopic (exact) mass is 444 g/mol. The van der Waals surface area contributed by atoms with Crippen LogP contribution in [0, 0.1) is 23.7 Å². The summed E-state index contributed by atoms with van der Waals surface area (Å²) in [4.78, 5) is 12.7. The van der Waals surface area contributed by atoms with Gasteiger partial charge in [0.15, 0.2) is 0 Å². The molecule has 3 atom stereocenters. The van der Waals surface area contributed by atoms with Crippen molar-refractivity contribution >= 4 is 18.3 Å². The van der Waals surface area contributed by atoms with E-state index in [4.69, 9.17) is 5.73 Å². The van der Waals surface area contributed by atoms with Crippen LogP contribution in [0.2, 0.25) is 0 Å². The predicted molar refractivity (Wildman–Crippen MR) is 129 cm³/mol. The molecule has 2 saturated carbocycles. The van der Waals surface area contributed by atoms with Crippen molar-refractivity contribution in [3.05, 3.63) is 0 Å². The second-order valence-electron chi connectivity index (χ2n) is 10.6. The number of hydrogen-bond acceptors (Lipinski definition) is 3. The highest BCUT2D eigenvalue weighted by molar-refractivity contribution is 5.85. The fourth-order valence-electron chi connectivity index (χ4n) is 5.14. The molecule has 0 radical (unpaired) electrons. The second kappa shape index (κ2) is 14.0. The number of aliphatic hydroxyl groups excluding tert-OH is 1. The van der Waals surface area contributed by atoms with E-state index in [0.29, 0.717) is 6.42 Å². The summed E-state index contributed by atoms with van der Waals surface area (Å²) in [6.07, 6.45) is 15.4. The summed E-state index contributed by atoms with van der Waals surface area (Å²) in [5, 5.41) is 14.3. The molecule has 4 nitrogen and oxygen atoms in total. The number of nitrogens with one attached hydrogen (secondary N) is 1. The van der Waals surface area contributed by atoms with Gasteiger partial charge in [0.25, 0.3) is 0 Å². The lowest BCUT2D eigenvalue weighted by molar-refractivity contribution is -0.128. The van der Waals surface area contributed by atoms with Gasteiger partial charge in [-0.2, -0.15) is 0 Å². The third-order valence-corrected chi connectivity index (χ3v) is 7.41. The SMILES string of the molecule is CCCCNC(=O)C(CC(O)C(CCCC1CC1)CC1(N)CCCCC1)C(C)C.Cl. The van der Waals surface area contributed by atoms with Crippen molar-refractivity contribution in [2.75, 3.05) is 6.54 Å². The van der Waals surface area contributed by atoms with Crippen LogP contribution >= 0.6 is 12.4 Å². The van der Waals surface area contributed by atoms with E-state index in [1.807, 2.05) is 0 Å². The number of amides is 1. The van der Waals surface area contributed by atoms with E-state index in [2.05, 4.69) is 26.1 Å². The lowest BCUT2D eigenvalue weighted by atomic mass is 9.72. The molecule has 0 saturated heterocycles. The Hall–Kier alpha value is -0.320. The Morgan fingerprint density at radius 1 is 1.17 bits per heavy atom. The molecule has 2 rings (SSSR count). The van der Waals surface area contributed by atoms with Gasteiger partial charge in [0.1, 0.15) is 0 Å². The minimum absolute atomic E-state index is 0. The van der Waals surface area contributed by atoms with Crippen LogP contribution in [0.25, 0.3) is 0 Å². The van der Waals surface area contributed by atoms with Gasteiger partial charge in [-0.15, -0.1) is 12.4 Å². The standard InChI is InChI=1S/C25H48N2O2.ClH/c1-4-5-16-27-24(29)22(19(2)3)17-23(28)21(11-9-10-20-12-13-20)18-25(26)14-7-6-8-15-25;/h19-23,28H,4-18,26H2,1-3H3,(H,27,29);1H. The Labute approximate surface area is 191 Å². The number of aliphatic hydroxyl groups is 1. The van der Waals surface area contributed by atoms with Crippen molar-refractivity contribution in [3.8, 4) is 0 Å². The van der Waals surface area contributed by atoms with Crippen LogP contribution in [0.1, 0.15) is 111 Å². The molecule has 30 heavy (non-hydrogen) atoms. The van der Waals surface area contributed by atoms with Crippen LogP contribution in [-0.4, -0.2) is 29.2 Å². The minimum Gasteiger partial charge on any atom is -0.393 e. The Balaban J connectivity index is 0.00000450. The highest BCUT2D eigenvalue weighted by atomic mass is 35.5. The van der Waals surface area contributed by atoms with Crippen LogP contribution in [0.5, 0.6) is 0 Å². The molecular weight excluding hydrogens is 396 g/mol. The molecule has 1 amide bonds. The van der Waals surface area contributed by atoms with Gasteiger partial charge in [0.2, 0.25) is 5.91 Å². The molecular formula is C25H49ClN2O2. The number of carbonyl (C=O) groups is 1.